The summed E-state index contributed by atoms with van der Waals surface area (Å²) in [6.07, 6.45) is 6.61. The van der Waals surface area contributed by atoms with Gasteiger partial charge in [-0.1, -0.05) is 48.6 Å². The van der Waals surface area contributed by atoms with Crippen molar-refractivity contribution in [1.29, 1.82) is 0 Å². The molecule has 6 nitrogen and oxygen atoms in total. The first-order valence-corrected chi connectivity index (χ1v) is 9.97. The average molecular weight is 386 g/mol. The molecular weight excluding hydrogens is 364 g/mol. The van der Waals surface area contributed by atoms with Gasteiger partial charge in [-0.05, 0) is 25.5 Å². The molecule has 7 heteroatoms. The van der Waals surface area contributed by atoms with Gasteiger partial charge in [-0.15, -0.1) is 6.58 Å². The van der Waals surface area contributed by atoms with Crippen LogP contribution in [0.2, 0.25) is 0 Å². The molecule has 1 aliphatic carbocycles. The van der Waals surface area contributed by atoms with Crippen LogP contribution in [-0.2, 0) is 10.0 Å². The van der Waals surface area contributed by atoms with Crippen LogP contribution in [0.3, 0.4) is 0 Å². The highest BCUT2D eigenvalue weighted by Crippen LogP contribution is 2.21. The number of benzene rings is 1. The smallest absolute Gasteiger partial charge is 0.258 e. The fourth-order valence-electron chi connectivity index (χ4n) is 2.66. The van der Waals surface area contributed by atoms with Gasteiger partial charge in [0.2, 0.25) is 10.0 Å². The third-order valence-electron chi connectivity index (χ3n) is 4.23. The molecule has 1 aromatic carbocycles. The maximum absolute atomic E-state index is 13.1. The highest BCUT2D eigenvalue weighted by Gasteiger charge is 2.28. The van der Waals surface area contributed by atoms with E-state index in [4.69, 9.17) is 0 Å². The van der Waals surface area contributed by atoms with Crippen LogP contribution in [0.15, 0.2) is 65.7 Å². The Morgan fingerprint density at radius 1 is 1.37 bits per heavy atom. The molecule has 0 heterocycles. The first-order valence-electron chi connectivity index (χ1n) is 8.53. The Hall–Kier alpha value is -2.69. The Bertz CT molecular complexity index is 934. The summed E-state index contributed by atoms with van der Waals surface area (Å²) in [5, 5.41) is 10.7. The van der Waals surface area contributed by atoms with E-state index >= 15 is 0 Å². The van der Waals surface area contributed by atoms with E-state index in [2.05, 4.69) is 18.4 Å². The summed E-state index contributed by atoms with van der Waals surface area (Å²) >= 11 is 0. The zero-order valence-corrected chi connectivity index (χ0v) is 16.1. The van der Waals surface area contributed by atoms with Gasteiger partial charge in [0, 0.05) is 18.2 Å². The van der Waals surface area contributed by atoms with Crippen LogP contribution in [0, 0.1) is 34.8 Å². The van der Waals surface area contributed by atoms with Gasteiger partial charge in [-0.25, -0.2) is 8.42 Å². The first-order chi connectivity index (χ1) is 12.8. The van der Waals surface area contributed by atoms with Crippen LogP contribution in [-0.4, -0.2) is 30.2 Å². The zero-order chi connectivity index (χ0) is 20.0. The molecule has 2 atom stereocenters. The van der Waals surface area contributed by atoms with Gasteiger partial charge in [0.05, 0.1) is 22.3 Å². The van der Waals surface area contributed by atoms with Crippen LogP contribution < -0.4 is 0 Å². The molecular formula is C20H22N2O4S. The van der Waals surface area contributed by atoms with Crippen molar-refractivity contribution in [3.63, 3.8) is 0 Å². The summed E-state index contributed by atoms with van der Waals surface area (Å²) in [7, 11) is -3.74. The lowest BCUT2D eigenvalue weighted by Gasteiger charge is -2.26. The summed E-state index contributed by atoms with van der Waals surface area (Å²) < 4.78 is 27.4. The third kappa shape index (κ3) is 4.94. The maximum Gasteiger partial charge on any atom is 0.266 e. The zero-order valence-electron chi connectivity index (χ0n) is 15.3. The molecule has 142 valence electrons. The van der Waals surface area contributed by atoms with E-state index in [1.165, 1.54) is 16.5 Å². The van der Waals surface area contributed by atoms with Crippen LogP contribution in [0.4, 0.5) is 0 Å². The van der Waals surface area contributed by atoms with Crippen molar-refractivity contribution in [2.24, 2.45) is 5.92 Å². The maximum atomic E-state index is 13.1. The standard InChI is InChI=1S/C20H22N2O4S/c1-4-18(5-2)21(27(25,26)20-12-8-16(3)9-13-20)14-6-7-17-10-11-19(15-17)22(23)24/h4,8-13,15,17-18H,1,5,14H2,2-3H3. The average Bonchev–Trinajstić information content (AvgIpc) is 3.11. The summed E-state index contributed by atoms with van der Waals surface area (Å²) in [4.78, 5) is 10.5. The molecule has 0 fully saturated rings. The van der Waals surface area contributed by atoms with Gasteiger partial charge in [0.1, 0.15) is 0 Å². The van der Waals surface area contributed by atoms with Crippen LogP contribution in [0.5, 0.6) is 0 Å². The first kappa shape index (κ1) is 20.6. The normalized spacial score (nSPS) is 17.1. The number of nitro groups is 1. The molecule has 0 aliphatic heterocycles. The van der Waals surface area contributed by atoms with E-state index in [0.717, 1.165) is 5.56 Å². The fraction of sp³-hybridized carbons (Fsp3) is 0.300. The molecule has 1 aliphatic rings. The van der Waals surface area contributed by atoms with Gasteiger partial charge in [0.25, 0.3) is 5.70 Å². The summed E-state index contributed by atoms with van der Waals surface area (Å²) in [6.45, 7) is 7.49. The lowest BCUT2D eigenvalue weighted by atomic mass is 10.2. The second-order valence-corrected chi connectivity index (χ2v) is 8.02. The molecule has 0 saturated carbocycles. The second-order valence-electron chi connectivity index (χ2n) is 6.13. The van der Waals surface area contributed by atoms with Crippen LogP contribution in [0.1, 0.15) is 18.9 Å². The van der Waals surface area contributed by atoms with Crippen molar-refractivity contribution in [3.05, 3.63) is 76.5 Å². The van der Waals surface area contributed by atoms with Crippen molar-refractivity contribution < 1.29 is 13.3 Å². The van der Waals surface area contributed by atoms with Crippen LogP contribution in [0.25, 0.3) is 0 Å². The van der Waals surface area contributed by atoms with E-state index in [1.807, 2.05) is 13.8 Å². The van der Waals surface area contributed by atoms with Crippen LogP contribution >= 0.6 is 0 Å². The Labute approximate surface area is 160 Å². The minimum atomic E-state index is -3.74. The molecule has 1 aromatic rings. The number of hydrogen-bond acceptors (Lipinski definition) is 4. The number of rotatable bonds is 7. The van der Waals surface area contributed by atoms with E-state index < -0.39 is 26.9 Å². The minimum absolute atomic E-state index is 0.00374. The SMILES string of the molecule is C=CC(CC)N(CC#CC1C=CC([N+](=O)[O-])=C1)S(=O)(=O)c1ccc(C)cc1. The molecule has 0 bridgehead atoms. The monoisotopic (exact) mass is 386 g/mol. The Morgan fingerprint density at radius 2 is 2.04 bits per heavy atom. The lowest BCUT2D eigenvalue weighted by molar-refractivity contribution is -0.418. The molecule has 0 radical (unpaired) electrons. The van der Waals surface area contributed by atoms with Crippen molar-refractivity contribution in [2.45, 2.75) is 31.2 Å². The highest BCUT2D eigenvalue weighted by atomic mass is 32.2. The van der Waals surface area contributed by atoms with Gasteiger partial charge in [-0.2, -0.15) is 4.31 Å². The highest BCUT2D eigenvalue weighted by molar-refractivity contribution is 7.89. The molecule has 0 saturated heterocycles. The lowest BCUT2D eigenvalue weighted by Crippen LogP contribution is -2.39. The molecule has 27 heavy (non-hydrogen) atoms. The van der Waals surface area contributed by atoms with E-state index in [9.17, 15) is 18.5 Å². The van der Waals surface area contributed by atoms with E-state index in [1.54, 1.807) is 36.4 Å². The minimum Gasteiger partial charge on any atom is -0.258 e. The fourth-order valence-corrected chi connectivity index (χ4v) is 4.24. The van der Waals surface area contributed by atoms with Gasteiger partial charge in [0.15, 0.2) is 0 Å². The van der Waals surface area contributed by atoms with Gasteiger partial charge < -0.3 is 0 Å². The number of sulfonamides is 1. The van der Waals surface area contributed by atoms with Crippen molar-refractivity contribution >= 4 is 10.0 Å². The molecule has 2 rings (SSSR count). The summed E-state index contributed by atoms with van der Waals surface area (Å²) in [5.41, 5.74) is 0.966. The predicted molar refractivity (Wildman–Crippen MR) is 105 cm³/mol. The van der Waals surface area contributed by atoms with Gasteiger partial charge >= 0.3 is 0 Å². The number of aryl methyl sites for hydroxylation is 1. The quantitative estimate of drug-likeness (QED) is 0.312. The molecule has 0 amide bonds. The molecule has 0 aromatic heterocycles. The summed E-state index contributed by atoms with van der Waals surface area (Å²) in [6, 6.07) is 6.26. The second kappa shape index (κ2) is 8.80. The van der Waals surface area contributed by atoms with Crippen molar-refractivity contribution in [1.82, 2.24) is 4.31 Å². The van der Waals surface area contributed by atoms with E-state index in [0.29, 0.717) is 6.42 Å². The van der Waals surface area contributed by atoms with Gasteiger partial charge in [-0.3, -0.25) is 10.1 Å². The van der Waals surface area contributed by atoms with Crippen molar-refractivity contribution in [3.8, 4) is 11.8 Å². The Morgan fingerprint density at radius 3 is 2.56 bits per heavy atom. The summed E-state index contributed by atoms with van der Waals surface area (Å²) in [5.74, 6) is 5.34. The predicted octanol–water partition coefficient (Wildman–Crippen LogP) is 3.30. The Balaban J connectivity index is 2.28. The number of nitrogens with zero attached hydrogens (tertiary/aromatic N) is 2. The largest absolute Gasteiger partial charge is 0.266 e. The van der Waals surface area contributed by atoms with E-state index in [-0.39, 0.29) is 17.1 Å². The topological polar surface area (TPSA) is 80.5 Å². The third-order valence-corrected chi connectivity index (χ3v) is 6.11. The Kier molecular flexibility index (Phi) is 6.72. The number of allylic oxidation sites excluding steroid dienone is 3. The molecule has 2 unspecified atom stereocenters. The van der Waals surface area contributed by atoms with Crippen molar-refractivity contribution in [2.75, 3.05) is 6.54 Å². The molecule has 0 N–H and O–H groups in total. The number of hydrogen-bond donors (Lipinski definition) is 0. The molecule has 0 spiro atoms.